The van der Waals surface area contributed by atoms with Crippen molar-refractivity contribution in [1.29, 1.82) is 0 Å². The maximum atomic E-state index is 3.41. The lowest BCUT2D eigenvalue weighted by molar-refractivity contribution is 0.444. The van der Waals surface area contributed by atoms with Crippen LogP contribution < -0.4 is 5.32 Å². The van der Waals surface area contributed by atoms with Crippen LogP contribution in [-0.2, 0) is 12.6 Å². The molecule has 1 aromatic heterocycles. The predicted molar refractivity (Wildman–Crippen MR) is 74.5 cm³/mol. The predicted octanol–water partition coefficient (Wildman–Crippen LogP) is 3.25. The summed E-state index contributed by atoms with van der Waals surface area (Å²) in [5.74, 6) is 0. The number of rotatable bonds is 2. The van der Waals surface area contributed by atoms with E-state index in [4.69, 9.17) is 0 Å². The lowest BCUT2D eigenvalue weighted by atomic mass is 9.91. The number of hydrogen-bond donors (Lipinski definition) is 1. The van der Waals surface area contributed by atoms with E-state index in [9.17, 15) is 0 Å². The molecule has 0 spiro atoms. The molecule has 0 fully saturated rings. The van der Waals surface area contributed by atoms with Gasteiger partial charge in [-0.15, -0.1) is 0 Å². The number of fused-ring (bicyclic) bond motifs is 1. The van der Waals surface area contributed by atoms with Crippen LogP contribution in [0, 0.1) is 13.8 Å². The van der Waals surface area contributed by atoms with E-state index in [1.807, 2.05) is 7.05 Å². The van der Waals surface area contributed by atoms with Crippen LogP contribution in [0.1, 0.15) is 30.7 Å². The van der Waals surface area contributed by atoms with Crippen molar-refractivity contribution < 1.29 is 0 Å². The fourth-order valence-electron chi connectivity index (χ4n) is 2.59. The lowest BCUT2D eigenvalue weighted by Crippen LogP contribution is -2.33. The average molecular weight is 230 g/mol. The molecule has 2 heteroatoms. The highest BCUT2D eigenvalue weighted by Crippen LogP contribution is 2.33. The molecule has 0 saturated carbocycles. The third kappa shape index (κ3) is 1.77. The molecule has 0 amide bonds. The topological polar surface area (TPSA) is 17.0 Å². The van der Waals surface area contributed by atoms with E-state index < -0.39 is 0 Å². The first-order chi connectivity index (χ1) is 7.88. The van der Waals surface area contributed by atoms with E-state index in [-0.39, 0.29) is 5.54 Å². The van der Waals surface area contributed by atoms with Crippen molar-refractivity contribution in [2.24, 2.45) is 7.05 Å². The van der Waals surface area contributed by atoms with Gasteiger partial charge in [-0.1, -0.05) is 12.1 Å². The van der Waals surface area contributed by atoms with Gasteiger partial charge in [-0.25, -0.2) is 0 Å². The Hall–Kier alpha value is -1.28. The summed E-state index contributed by atoms with van der Waals surface area (Å²) in [5.41, 5.74) is 5.37. The molecule has 1 N–H and O–H groups in total. The molecule has 1 aromatic carbocycles. The number of nitrogens with one attached hydrogen (secondary N) is 1. The van der Waals surface area contributed by atoms with Crippen LogP contribution in [0.15, 0.2) is 18.2 Å². The van der Waals surface area contributed by atoms with Crippen LogP contribution in [0.25, 0.3) is 10.9 Å². The van der Waals surface area contributed by atoms with Crippen LogP contribution in [0.3, 0.4) is 0 Å². The normalized spacial score (nSPS) is 12.4. The van der Waals surface area contributed by atoms with Crippen LogP contribution >= 0.6 is 0 Å². The van der Waals surface area contributed by atoms with Crippen LogP contribution in [0.2, 0.25) is 0 Å². The summed E-state index contributed by atoms with van der Waals surface area (Å²) >= 11 is 0. The number of hydrogen-bond acceptors (Lipinski definition) is 1. The minimum absolute atomic E-state index is 0.00114. The molecule has 1 heterocycles. The van der Waals surface area contributed by atoms with Crippen molar-refractivity contribution in [1.82, 2.24) is 9.88 Å². The van der Waals surface area contributed by atoms with E-state index in [0.717, 1.165) is 0 Å². The van der Waals surface area contributed by atoms with Gasteiger partial charge in [-0.05, 0) is 46.4 Å². The first-order valence-electron chi connectivity index (χ1n) is 6.13. The number of aryl methyl sites for hydroxylation is 2. The highest BCUT2D eigenvalue weighted by molar-refractivity contribution is 5.87. The molecule has 2 aromatic rings. The Balaban J connectivity index is 2.85. The van der Waals surface area contributed by atoms with Gasteiger partial charge in [-0.2, -0.15) is 0 Å². The highest BCUT2D eigenvalue weighted by Gasteiger charge is 2.25. The molecular formula is C15H22N2. The Labute approximate surface area is 104 Å². The van der Waals surface area contributed by atoms with Gasteiger partial charge in [0.15, 0.2) is 0 Å². The molecule has 0 aliphatic carbocycles. The second-order valence-electron chi connectivity index (χ2n) is 5.42. The summed E-state index contributed by atoms with van der Waals surface area (Å²) in [7, 11) is 4.17. The van der Waals surface area contributed by atoms with E-state index in [1.165, 1.54) is 27.7 Å². The third-order valence-electron chi connectivity index (χ3n) is 3.90. The first-order valence-corrected chi connectivity index (χ1v) is 6.13. The van der Waals surface area contributed by atoms with Gasteiger partial charge in [0, 0.05) is 34.7 Å². The van der Waals surface area contributed by atoms with Gasteiger partial charge in [0.1, 0.15) is 0 Å². The summed E-state index contributed by atoms with van der Waals surface area (Å²) in [4.78, 5) is 0. The summed E-state index contributed by atoms with van der Waals surface area (Å²) < 4.78 is 2.29. The quantitative estimate of drug-likeness (QED) is 0.838. The molecule has 0 unspecified atom stereocenters. The molecular weight excluding hydrogens is 208 g/mol. The molecule has 2 rings (SSSR count). The minimum Gasteiger partial charge on any atom is -0.348 e. The fraction of sp³-hybridized carbons (Fsp3) is 0.467. The van der Waals surface area contributed by atoms with Crippen LogP contribution in [0.5, 0.6) is 0 Å². The molecule has 92 valence electrons. The largest absolute Gasteiger partial charge is 0.348 e. The average Bonchev–Trinajstić information content (AvgIpc) is 2.53. The van der Waals surface area contributed by atoms with Gasteiger partial charge < -0.3 is 9.88 Å². The maximum Gasteiger partial charge on any atom is 0.0486 e. The van der Waals surface area contributed by atoms with E-state index >= 15 is 0 Å². The number of benzene rings is 1. The van der Waals surface area contributed by atoms with E-state index in [2.05, 4.69) is 62.8 Å². The van der Waals surface area contributed by atoms with Crippen molar-refractivity contribution in [2.75, 3.05) is 7.05 Å². The van der Waals surface area contributed by atoms with Crippen LogP contribution in [-0.4, -0.2) is 11.6 Å². The van der Waals surface area contributed by atoms with Gasteiger partial charge in [0.2, 0.25) is 0 Å². The summed E-state index contributed by atoms with van der Waals surface area (Å²) in [6, 6.07) is 6.70. The Morgan fingerprint density at radius 3 is 2.41 bits per heavy atom. The lowest BCUT2D eigenvalue weighted by Gasteiger charge is -2.25. The Bertz CT molecular complexity index is 562. The molecule has 0 aliphatic rings. The standard InChI is InChI=1S/C15H22N2/c1-10-7-8-12-13(9-10)17(6)11(2)14(12)15(3,4)16-5/h7-9,16H,1-6H3. The minimum atomic E-state index is -0.00114. The Morgan fingerprint density at radius 1 is 1.18 bits per heavy atom. The van der Waals surface area contributed by atoms with Crippen molar-refractivity contribution in [2.45, 2.75) is 33.2 Å². The van der Waals surface area contributed by atoms with Crippen molar-refractivity contribution in [3.8, 4) is 0 Å². The molecule has 0 saturated heterocycles. The van der Waals surface area contributed by atoms with E-state index in [0.29, 0.717) is 0 Å². The van der Waals surface area contributed by atoms with Gasteiger partial charge >= 0.3 is 0 Å². The highest BCUT2D eigenvalue weighted by atomic mass is 15.0. The SMILES string of the molecule is CNC(C)(C)c1c(C)n(C)c2cc(C)ccc12. The second kappa shape index (κ2) is 3.88. The zero-order valence-corrected chi connectivity index (χ0v) is 11.7. The van der Waals surface area contributed by atoms with Gasteiger partial charge in [-0.3, -0.25) is 0 Å². The molecule has 0 radical (unpaired) electrons. The van der Waals surface area contributed by atoms with E-state index in [1.54, 1.807) is 0 Å². The monoisotopic (exact) mass is 230 g/mol. The fourth-order valence-corrected chi connectivity index (χ4v) is 2.59. The number of aromatic nitrogens is 1. The summed E-state index contributed by atoms with van der Waals surface area (Å²) in [5, 5.41) is 4.76. The molecule has 0 bridgehead atoms. The van der Waals surface area contributed by atoms with Crippen molar-refractivity contribution >= 4 is 10.9 Å². The van der Waals surface area contributed by atoms with Crippen molar-refractivity contribution in [3.63, 3.8) is 0 Å². The number of nitrogens with zero attached hydrogens (tertiary/aromatic N) is 1. The molecule has 17 heavy (non-hydrogen) atoms. The Morgan fingerprint density at radius 2 is 1.82 bits per heavy atom. The summed E-state index contributed by atoms with van der Waals surface area (Å²) in [6.45, 7) is 8.80. The third-order valence-corrected chi connectivity index (χ3v) is 3.90. The first kappa shape index (κ1) is 12.2. The van der Waals surface area contributed by atoms with Gasteiger partial charge in [0.25, 0.3) is 0 Å². The molecule has 0 aliphatic heterocycles. The van der Waals surface area contributed by atoms with Crippen LogP contribution in [0.4, 0.5) is 0 Å². The smallest absolute Gasteiger partial charge is 0.0486 e. The van der Waals surface area contributed by atoms with Crippen molar-refractivity contribution in [3.05, 3.63) is 35.0 Å². The second-order valence-corrected chi connectivity index (χ2v) is 5.42. The molecule has 2 nitrogen and oxygen atoms in total. The Kier molecular flexibility index (Phi) is 2.78. The molecule has 0 atom stereocenters. The summed E-state index contributed by atoms with van der Waals surface area (Å²) in [6.07, 6.45) is 0. The zero-order valence-electron chi connectivity index (χ0n) is 11.7. The van der Waals surface area contributed by atoms with Gasteiger partial charge in [0.05, 0.1) is 0 Å². The maximum absolute atomic E-state index is 3.41. The zero-order chi connectivity index (χ0) is 12.8.